The highest BCUT2D eigenvalue weighted by atomic mass is 16.4. The number of β-amino-alcohol motifs (C(OH)–C–C–N with tert-alkyl or cyclic N) is 1. The first-order chi connectivity index (χ1) is 7.93. The third-order valence-corrected chi connectivity index (χ3v) is 3.21. The number of rotatable bonds is 5. The Bertz CT molecular complexity index is 270. The van der Waals surface area contributed by atoms with Crippen LogP contribution in [0.25, 0.3) is 0 Å². The molecule has 17 heavy (non-hydrogen) atoms. The number of hydrogen-bond donors (Lipinski definition) is 3. The smallest absolute Gasteiger partial charge is 0.143 e. The zero-order valence-electron chi connectivity index (χ0n) is 10.9. The van der Waals surface area contributed by atoms with E-state index >= 15 is 0 Å². The molecule has 0 aromatic heterocycles. The summed E-state index contributed by atoms with van der Waals surface area (Å²) in [6.07, 6.45) is 0.528. The maximum atomic E-state index is 9.72. The van der Waals surface area contributed by atoms with Crippen molar-refractivity contribution in [3.63, 3.8) is 0 Å². The molecule has 6 nitrogen and oxygen atoms in total. The van der Waals surface area contributed by atoms with E-state index in [4.69, 9.17) is 10.9 Å². The lowest BCUT2D eigenvalue weighted by Gasteiger charge is -2.28. The maximum Gasteiger partial charge on any atom is 0.143 e. The summed E-state index contributed by atoms with van der Waals surface area (Å²) in [4.78, 5) is 4.33. The molecule has 1 rings (SSSR count). The van der Waals surface area contributed by atoms with E-state index in [1.54, 1.807) is 0 Å². The minimum absolute atomic E-state index is 0.00466. The van der Waals surface area contributed by atoms with Crippen LogP contribution in [0.1, 0.15) is 13.3 Å². The Kier molecular flexibility index (Phi) is 5.17. The van der Waals surface area contributed by atoms with Gasteiger partial charge < -0.3 is 20.9 Å². The van der Waals surface area contributed by atoms with Gasteiger partial charge in [0.05, 0.1) is 6.10 Å². The third kappa shape index (κ3) is 4.14. The first kappa shape index (κ1) is 14.2. The molecule has 1 heterocycles. The molecule has 6 heteroatoms. The fraction of sp³-hybridized carbons (Fsp3) is 0.909. The summed E-state index contributed by atoms with van der Waals surface area (Å²) < 4.78 is 0. The van der Waals surface area contributed by atoms with Crippen LogP contribution in [-0.2, 0) is 0 Å². The summed E-state index contributed by atoms with van der Waals surface area (Å²) >= 11 is 0. The number of hydrogen-bond acceptors (Lipinski definition) is 5. The van der Waals surface area contributed by atoms with Gasteiger partial charge in [-0.1, -0.05) is 12.1 Å². The molecule has 100 valence electrons. The molecule has 0 radical (unpaired) electrons. The van der Waals surface area contributed by atoms with Crippen LogP contribution < -0.4 is 5.73 Å². The van der Waals surface area contributed by atoms with E-state index < -0.39 is 0 Å². The van der Waals surface area contributed by atoms with E-state index in [0.29, 0.717) is 19.1 Å². The van der Waals surface area contributed by atoms with Gasteiger partial charge in [-0.05, 0) is 20.5 Å². The summed E-state index contributed by atoms with van der Waals surface area (Å²) in [6, 6.07) is 0.342. The van der Waals surface area contributed by atoms with Crippen molar-refractivity contribution in [3.8, 4) is 0 Å². The van der Waals surface area contributed by atoms with E-state index in [9.17, 15) is 5.11 Å². The monoisotopic (exact) mass is 244 g/mol. The van der Waals surface area contributed by atoms with Crippen molar-refractivity contribution in [1.82, 2.24) is 9.80 Å². The second kappa shape index (κ2) is 6.18. The predicted molar refractivity (Wildman–Crippen MR) is 67.1 cm³/mol. The van der Waals surface area contributed by atoms with Crippen molar-refractivity contribution in [1.29, 1.82) is 0 Å². The van der Waals surface area contributed by atoms with Crippen molar-refractivity contribution in [2.24, 2.45) is 16.8 Å². The van der Waals surface area contributed by atoms with Gasteiger partial charge in [0.2, 0.25) is 0 Å². The highest BCUT2D eigenvalue weighted by molar-refractivity contribution is 5.82. The van der Waals surface area contributed by atoms with Gasteiger partial charge in [0.1, 0.15) is 5.84 Å². The maximum absolute atomic E-state index is 9.72. The molecule has 3 atom stereocenters. The first-order valence-corrected chi connectivity index (χ1v) is 5.98. The van der Waals surface area contributed by atoms with Gasteiger partial charge in [0, 0.05) is 31.6 Å². The third-order valence-electron chi connectivity index (χ3n) is 3.21. The minimum Gasteiger partial charge on any atom is -0.409 e. The van der Waals surface area contributed by atoms with Crippen molar-refractivity contribution in [2.75, 3.05) is 33.7 Å². The van der Waals surface area contributed by atoms with Crippen LogP contribution in [0.2, 0.25) is 0 Å². The molecule has 0 amide bonds. The molecular formula is C11H24N4O2. The Morgan fingerprint density at radius 3 is 2.76 bits per heavy atom. The van der Waals surface area contributed by atoms with Gasteiger partial charge in [0.15, 0.2) is 0 Å². The number of oxime groups is 1. The number of aliphatic hydroxyl groups is 1. The van der Waals surface area contributed by atoms with Gasteiger partial charge in [-0.3, -0.25) is 4.90 Å². The van der Waals surface area contributed by atoms with Crippen LogP contribution in [0, 0.1) is 5.92 Å². The van der Waals surface area contributed by atoms with Gasteiger partial charge in [0.25, 0.3) is 0 Å². The zero-order chi connectivity index (χ0) is 13.0. The van der Waals surface area contributed by atoms with Crippen LogP contribution >= 0.6 is 0 Å². The molecule has 0 aromatic carbocycles. The highest BCUT2D eigenvalue weighted by Crippen LogP contribution is 2.19. The SMILES string of the molecule is CC(CN1CC(O)CC1CN(C)C)C(N)=NO. The van der Waals surface area contributed by atoms with Crippen molar-refractivity contribution in [3.05, 3.63) is 0 Å². The summed E-state index contributed by atoms with van der Waals surface area (Å²) in [5.41, 5.74) is 5.58. The lowest BCUT2D eigenvalue weighted by atomic mass is 10.1. The molecule has 1 fully saturated rings. The largest absolute Gasteiger partial charge is 0.409 e. The van der Waals surface area contributed by atoms with Gasteiger partial charge in [-0.25, -0.2) is 0 Å². The molecular weight excluding hydrogens is 220 g/mol. The van der Waals surface area contributed by atoms with E-state index in [-0.39, 0.29) is 17.9 Å². The summed E-state index contributed by atoms with van der Waals surface area (Å²) in [5.74, 6) is 0.241. The first-order valence-electron chi connectivity index (χ1n) is 5.98. The lowest BCUT2D eigenvalue weighted by molar-refractivity contribution is 0.168. The van der Waals surface area contributed by atoms with E-state index in [0.717, 1.165) is 13.0 Å². The van der Waals surface area contributed by atoms with Crippen LogP contribution in [0.3, 0.4) is 0 Å². The average Bonchev–Trinajstić information content (AvgIpc) is 2.56. The van der Waals surface area contributed by atoms with Gasteiger partial charge >= 0.3 is 0 Å². The summed E-state index contributed by atoms with van der Waals surface area (Å²) in [6.45, 7) is 4.22. The topological polar surface area (TPSA) is 85.3 Å². The lowest BCUT2D eigenvalue weighted by Crippen LogP contribution is -2.42. The number of likely N-dealkylation sites (N-methyl/N-ethyl adjacent to an activating group) is 1. The van der Waals surface area contributed by atoms with Crippen LogP contribution in [0.15, 0.2) is 5.16 Å². The molecule has 1 aliphatic heterocycles. The fourth-order valence-electron chi connectivity index (χ4n) is 2.34. The molecule has 1 aliphatic rings. The Balaban J connectivity index is 2.55. The van der Waals surface area contributed by atoms with Crippen molar-refractivity contribution >= 4 is 5.84 Å². The number of aliphatic hydroxyl groups excluding tert-OH is 1. The molecule has 0 spiro atoms. The standard InChI is InChI=1S/C11H24N4O2/c1-8(11(12)13-17)5-15-7-10(16)4-9(15)6-14(2)3/h8-10,16-17H,4-7H2,1-3H3,(H2,12,13). The van der Waals surface area contributed by atoms with Crippen molar-refractivity contribution in [2.45, 2.75) is 25.5 Å². The molecule has 1 saturated heterocycles. The highest BCUT2D eigenvalue weighted by Gasteiger charge is 2.32. The molecule has 0 aromatic rings. The number of likely N-dealkylation sites (tertiary alicyclic amines) is 1. The Hall–Kier alpha value is -0.850. The molecule has 4 N–H and O–H groups in total. The summed E-state index contributed by atoms with van der Waals surface area (Å²) in [7, 11) is 4.05. The number of nitrogens with two attached hydrogens (primary N) is 1. The quantitative estimate of drug-likeness (QED) is 0.259. The Morgan fingerprint density at radius 1 is 1.59 bits per heavy atom. The van der Waals surface area contributed by atoms with Crippen LogP contribution in [0.4, 0.5) is 0 Å². The molecule has 3 unspecified atom stereocenters. The number of amidine groups is 1. The second-order valence-electron chi connectivity index (χ2n) is 5.19. The normalized spacial score (nSPS) is 28.9. The van der Waals surface area contributed by atoms with Crippen LogP contribution in [0.5, 0.6) is 0 Å². The van der Waals surface area contributed by atoms with E-state index in [1.807, 2.05) is 21.0 Å². The van der Waals surface area contributed by atoms with Crippen LogP contribution in [-0.4, -0.2) is 71.8 Å². The summed E-state index contributed by atoms with van der Waals surface area (Å²) in [5, 5.41) is 21.4. The Morgan fingerprint density at radius 2 is 2.24 bits per heavy atom. The molecule has 0 saturated carbocycles. The zero-order valence-corrected chi connectivity index (χ0v) is 10.9. The van der Waals surface area contributed by atoms with Crippen molar-refractivity contribution < 1.29 is 10.3 Å². The molecule has 0 bridgehead atoms. The second-order valence-corrected chi connectivity index (χ2v) is 5.19. The Labute approximate surface area is 103 Å². The van der Waals surface area contributed by atoms with E-state index in [2.05, 4.69) is 15.0 Å². The predicted octanol–water partition coefficient (Wildman–Crippen LogP) is -0.634. The van der Waals surface area contributed by atoms with E-state index in [1.165, 1.54) is 0 Å². The fourth-order valence-corrected chi connectivity index (χ4v) is 2.34. The minimum atomic E-state index is -0.264. The van der Waals surface area contributed by atoms with Gasteiger partial charge in [-0.2, -0.15) is 0 Å². The molecule has 0 aliphatic carbocycles. The van der Waals surface area contributed by atoms with Gasteiger partial charge in [-0.15, -0.1) is 0 Å². The average molecular weight is 244 g/mol. The number of nitrogens with zero attached hydrogens (tertiary/aromatic N) is 3.